The highest BCUT2D eigenvalue weighted by atomic mass is 16.3. The van der Waals surface area contributed by atoms with E-state index in [0.717, 1.165) is 11.6 Å². The molecule has 1 aromatic rings. The van der Waals surface area contributed by atoms with Crippen LogP contribution in [0.15, 0.2) is 24.3 Å². The molecule has 0 heterocycles. The first-order valence-corrected chi connectivity index (χ1v) is 6.35. The number of nitrogens with one attached hydrogen (secondary N) is 1. The van der Waals surface area contributed by atoms with E-state index in [1.807, 2.05) is 0 Å². The summed E-state index contributed by atoms with van der Waals surface area (Å²) in [5, 5.41) is 11.9. The van der Waals surface area contributed by atoms with Gasteiger partial charge in [0.15, 0.2) is 0 Å². The largest absolute Gasteiger partial charge is 0.395 e. The third-order valence-corrected chi connectivity index (χ3v) is 3.43. The summed E-state index contributed by atoms with van der Waals surface area (Å²) >= 11 is 0. The molecule has 16 heavy (non-hydrogen) atoms. The molecule has 88 valence electrons. The molecule has 0 radical (unpaired) electrons. The molecule has 1 fully saturated rings. The zero-order valence-electron chi connectivity index (χ0n) is 9.78. The van der Waals surface area contributed by atoms with Gasteiger partial charge in [-0.1, -0.05) is 31.4 Å². The highest BCUT2D eigenvalue weighted by Crippen LogP contribution is 2.32. The summed E-state index contributed by atoms with van der Waals surface area (Å²) in [6.45, 7) is 0.813. The van der Waals surface area contributed by atoms with Crippen molar-refractivity contribution >= 4 is 5.69 Å². The maximum absolute atomic E-state index is 8.72. The van der Waals surface area contributed by atoms with Crippen LogP contribution in [0.25, 0.3) is 0 Å². The summed E-state index contributed by atoms with van der Waals surface area (Å²) in [4.78, 5) is 0. The minimum Gasteiger partial charge on any atom is -0.395 e. The van der Waals surface area contributed by atoms with Gasteiger partial charge in [-0.25, -0.2) is 0 Å². The van der Waals surface area contributed by atoms with Gasteiger partial charge in [-0.2, -0.15) is 0 Å². The lowest BCUT2D eigenvalue weighted by Crippen LogP contribution is -2.06. The minimum atomic E-state index is 0.185. The van der Waals surface area contributed by atoms with E-state index >= 15 is 0 Å². The fraction of sp³-hybridized carbons (Fsp3) is 0.571. The molecule has 0 saturated heterocycles. The van der Waals surface area contributed by atoms with Crippen LogP contribution in [-0.2, 0) is 0 Å². The summed E-state index contributed by atoms with van der Waals surface area (Å²) in [5.74, 6) is 0.778. The number of rotatable bonds is 4. The van der Waals surface area contributed by atoms with E-state index in [-0.39, 0.29) is 6.61 Å². The van der Waals surface area contributed by atoms with Crippen LogP contribution >= 0.6 is 0 Å². The molecule has 1 aliphatic rings. The van der Waals surface area contributed by atoms with Crippen LogP contribution in [0.4, 0.5) is 5.69 Å². The standard InChI is InChI=1S/C14H21NO/c16-11-10-15-14-8-6-13(7-9-14)12-4-2-1-3-5-12/h6-9,12,15-16H,1-5,10-11H2. The molecule has 0 aliphatic heterocycles. The van der Waals surface area contributed by atoms with Crippen LogP contribution in [0.3, 0.4) is 0 Å². The molecule has 1 saturated carbocycles. The van der Waals surface area contributed by atoms with E-state index in [9.17, 15) is 0 Å². The van der Waals surface area contributed by atoms with Gasteiger partial charge in [0, 0.05) is 12.2 Å². The minimum absolute atomic E-state index is 0.185. The normalized spacial score (nSPS) is 17.3. The summed E-state index contributed by atoms with van der Waals surface area (Å²) in [5.41, 5.74) is 2.59. The Morgan fingerprint density at radius 1 is 1.06 bits per heavy atom. The lowest BCUT2D eigenvalue weighted by molar-refractivity contribution is 0.311. The van der Waals surface area contributed by atoms with E-state index in [4.69, 9.17) is 5.11 Å². The molecule has 0 bridgehead atoms. The lowest BCUT2D eigenvalue weighted by Gasteiger charge is -2.22. The third kappa shape index (κ3) is 2.99. The first kappa shape index (κ1) is 11.5. The average molecular weight is 219 g/mol. The Kier molecular flexibility index (Phi) is 4.23. The van der Waals surface area contributed by atoms with E-state index in [1.165, 1.54) is 37.7 Å². The topological polar surface area (TPSA) is 32.3 Å². The second-order valence-electron chi connectivity index (χ2n) is 4.61. The molecule has 0 amide bonds. The van der Waals surface area contributed by atoms with Gasteiger partial charge in [-0.15, -0.1) is 0 Å². The molecule has 2 nitrogen and oxygen atoms in total. The van der Waals surface area contributed by atoms with Crippen molar-refractivity contribution in [2.75, 3.05) is 18.5 Å². The molecule has 0 aromatic heterocycles. The number of benzene rings is 1. The van der Waals surface area contributed by atoms with Crippen molar-refractivity contribution in [2.24, 2.45) is 0 Å². The number of aliphatic hydroxyl groups is 1. The Bertz CT molecular complexity index is 301. The SMILES string of the molecule is OCCNc1ccc(C2CCCCC2)cc1. The van der Waals surface area contributed by atoms with Crippen LogP contribution < -0.4 is 5.32 Å². The van der Waals surface area contributed by atoms with Crippen molar-refractivity contribution in [1.82, 2.24) is 0 Å². The monoisotopic (exact) mass is 219 g/mol. The van der Waals surface area contributed by atoms with Crippen LogP contribution in [0.1, 0.15) is 43.6 Å². The Morgan fingerprint density at radius 3 is 2.38 bits per heavy atom. The summed E-state index contributed by atoms with van der Waals surface area (Å²) in [6.07, 6.45) is 6.88. The van der Waals surface area contributed by atoms with Crippen LogP contribution in [0.2, 0.25) is 0 Å². The van der Waals surface area contributed by atoms with Gasteiger partial charge in [-0.3, -0.25) is 0 Å². The highest BCUT2D eigenvalue weighted by molar-refractivity contribution is 5.45. The second kappa shape index (κ2) is 5.90. The molecular weight excluding hydrogens is 198 g/mol. The maximum atomic E-state index is 8.72. The van der Waals surface area contributed by atoms with E-state index in [0.29, 0.717) is 6.54 Å². The molecule has 0 spiro atoms. The van der Waals surface area contributed by atoms with Gasteiger partial charge in [0.2, 0.25) is 0 Å². The number of hydrogen-bond acceptors (Lipinski definition) is 2. The quantitative estimate of drug-likeness (QED) is 0.815. The van der Waals surface area contributed by atoms with Gasteiger partial charge in [0.25, 0.3) is 0 Å². The molecule has 1 aromatic carbocycles. The van der Waals surface area contributed by atoms with Crippen LogP contribution in [-0.4, -0.2) is 18.3 Å². The maximum Gasteiger partial charge on any atom is 0.0604 e. The van der Waals surface area contributed by atoms with E-state index in [1.54, 1.807) is 0 Å². The zero-order chi connectivity index (χ0) is 11.2. The van der Waals surface area contributed by atoms with Crippen LogP contribution in [0.5, 0.6) is 0 Å². The van der Waals surface area contributed by atoms with Crippen molar-refractivity contribution in [2.45, 2.75) is 38.0 Å². The molecule has 1 aliphatic carbocycles. The molecule has 2 heteroatoms. The van der Waals surface area contributed by atoms with Crippen molar-refractivity contribution in [3.05, 3.63) is 29.8 Å². The highest BCUT2D eigenvalue weighted by Gasteiger charge is 2.14. The Labute approximate surface area is 97.7 Å². The average Bonchev–Trinajstić information content (AvgIpc) is 2.38. The number of anilines is 1. The summed E-state index contributed by atoms with van der Waals surface area (Å²) < 4.78 is 0. The molecular formula is C14H21NO. The summed E-state index contributed by atoms with van der Waals surface area (Å²) in [7, 11) is 0. The lowest BCUT2D eigenvalue weighted by atomic mass is 9.84. The number of hydrogen-bond donors (Lipinski definition) is 2. The smallest absolute Gasteiger partial charge is 0.0604 e. The van der Waals surface area contributed by atoms with Gasteiger partial charge in [0.05, 0.1) is 6.61 Å². The first-order valence-electron chi connectivity index (χ1n) is 6.35. The van der Waals surface area contributed by atoms with Crippen molar-refractivity contribution in [3.8, 4) is 0 Å². The first-order chi connectivity index (χ1) is 7.90. The Balaban J connectivity index is 1.95. The molecule has 0 atom stereocenters. The fourth-order valence-electron chi connectivity index (χ4n) is 2.51. The Hall–Kier alpha value is -1.02. The van der Waals surface area contributed by atoms with Gasteiger partial charge >= 0.3 is 0 Å². The van der Waals surface area contributed by atoms with Gasteiger partial charge < -0.3 is 10.4 Å². The molecule has 2 N–H and O–H groups in total. The predicted molar refractivity (Wildman–Crippen MR) is 67.8 cm³/mol. The number of aliphatic hydroxyl groups excluding tert-OH is 1. The summed E-state index contributed by atoms with van der Waals surface area (Å²) in [6, 6.07) is 8.71. The van der Waals surface area contributed by atoms with Crippen molar-refractivity contribution in [3.63, 3.8) is 0 Å². The Morgan fingerprint density at radius 2 is 1.75 bits per heavy atom. The molecule has 2 rings (SSSR count). The fourth-order valence-corrected chi connectivity index (χ4v) is 2.51. The van der Waals surface area contributed by atoms with E-state index < -0.39 is 0 Å². The molecule has 0 unspecified atom stereocenters. The second-order valence-corrected chi connectivity index (χ2v) is 4.61. The predicted octanol–water partition coefficient (Wildman–Crippen LogP) is 3.14. The van der Waals surface area contributed by atoms with Crippen molar-refractivity contribution in [1.29, 1.82) is 0 Å². The van der Waals surface area contributed by atoms with E-state index in [2.05, 4.69) is 29.6 Å². The van der Waals surface area contributed by atoms with Crippen molar-refractivity contribution < 1.29 is 5.11 Å². The zero-order valence-corrected chi connectivity index (χ0v) is 9.78. The van der Waals surface area contributed by atoms with Gasteiger partial charge in [0.1, 0.15) is 0 Å². The van der Waals surface area contributed by atoms with Gasteiger partial charge in [-0.05, 0) is 36.5 Å². The van der Waals surface area contributed by atoms with Crippen LogP contribution in [0, 0.1) is 0 Å². The third-order valence-electron chi connectivity index (χ3n) is 3.43.